The number of aryl methyl sites for hydroxylation is 2. The average molecular weight is 481 g/mol. The molecule has 0 N–H and O–H groups in total. The normalized spacial score (nSPS) is 17.2. The minimum absolute atomic E-state index is 0.0358. The van der Waals surface area contributed by atoms with Crippen molar-refractivity contribution < 1.29 is 9.59 Å². The molecule has 33 heavy (non-hydrogen) atoms. The molecule has 0 spiro atoms. The van der Waals surface area contributed by atoms with Crippen molar-refractivity contribution in [2.75, 3.05) is 26.2 Å². The minimum atomic E-state index is 0.0358. The van der Waals surface area contributed by atoms with E-state index in [0.29, 0.717) is 18.7 Å². The SMILES string of the molecule is Cc1sc2ncnc(Sc3ccccc3C(=O)N3CCC(C(=O)N4CCCC4)CC3)c2c1C. The number of benzene rings is 1. The van der Waals surface area contributed by atoms with Gasteiger partial charge in [-0.2, -0.15) is 0 Å². The lowest BCUT2D eigenvalue weighted by Gasteiger charge is -2.33. The maximum Gasteiger partial charge on any atom is 0.255 e. The van der Waals surface area contributed by atoms with Gasteiger partial charge in [0.15, 0.2) is 0 Å². The van der Waals surface area contributed by atoms with Crippen LogP contribution in [-0.2, 0) is 4.79 Å². The molecule has 6 nitrogen and oxygen atoms in total. The fraction of sp³-hybridized carbons (Fsp3) is 0.440. The number of thiophene rings is 1. The Hall–Kier alpha value is -2.45. The molecule has 2 aliphatic rings. The highest BCUT2D eigenvalue weighted by molar-refractivity contribution is 7.99. The zero-order valence-electron chi connectivity index (χ0n) is 19.0. The maximum atomic E-state index is 13.5. The summed E-state index contributed by atoms with van der Waals surface area (Å²) in [6, 6.07) is 7.76. The first kappa shape index (κ1) is 22.3. The number of amides is 2. The Balaban J connectivity index is 1.32. The van der Waals surface area contributed by atoms with Crippen molar-refractivity contribution in [2.45, 2.75) is 49.5 Å². The summed E-state index contributed by atoms with van der Waals surface area (Å²) < 4.78 is 0. The number of fused-ring (bicyclic) bond motifs is 1. The summed E-state index contributed by atoms with van der Waals surface area (Å²) in [5.41, 5.74) is 1.90. The van der Waals surface area contributed by atoms with E-state index >= 15 is 0 Å². The molecule has 3 aromatic rings. The number of rotatable bonds is 4. The van der Waals surface area contributed by atoms with Crippen molar-refractivity contribution in [2.24, 2.45) is 5.92 Å². The molecule has 2 fully saturated rings. The summed E-state index contributed by atoms with van der Waals surface area (Å²) in [4.78, 5) is 42.2. The molecule has 0 bridgehead atoms. The Kier molecular flexibility index (Phi) is 6.38. The Labute approximate surface area is 202 Å². The lowest BCUT2D eigenvalue weighted by atomic mass is 9.95. The number of carbonyl (C=O) groups is 2. The molecule has 0 unspecified atom stereocenters. The smallest absolute Gasteiger partial charge is 0.255 e. The molecule has 0 saturated carbocycles. The molecule has 2 aromatic heterocycles. The van der Waals surface area contributed by atoms with Crippen LogP contribution in [0.3, 0.4) is 0 Å². The van der Waals surface area contributed by atoms with Gasteiger partial charge in [-0.15, -0.1) is 11.3 Å². The topological polar surface area (TPSA) is 66.4 Å². The van der Waals surface area contributed by atoms with Crippen molar-refractivity contribution >= 4 is 45.1 Å². The van der Waals surface area contributed by atoms with Crippen molar-refractivity contribution in [3.63, 3.8) is 0 Å². The third-order valence-corrected chi connectivity index (χ3v) is 9.00. The van der Waals surface area contributed by atoms with Crippen molar-refractivity contribution in [3.8, 4) is 0 Å². The quantitative estimate of drug-likeness (QED) is 0.495. The van der Waals surface area contributed by atoms with Crippen molar-refractivity contribution in [3.05, 3.63) is 46.6 Å². The molecule has 0 aliphatic carbocycles. The van der Waals surface area contributed by atoms with Crippen LogP contribution in [0.4, 0.5) is 0 Å². The fourth-order valence-electron chi connectivity index (χ4n) is 4.76. The lowest BCUT2D eigenvalue weighted by Crippen LogP contribution is -2.43. The Morgan fingerprint density at radius 1 is 1.00 bits per heavy atom. The largest absolute Gasteiger partial charge is 0.342 e. The first-order chi connectivity index (χ1) is 16.0. The molecule has 5 rings (SSSR count). The van der Waals surface area contributed by atoms with Gasteiger partial charge in [0.05, 0.1) is 5.56 Å². The van der Waals surface area contributed by atoms with Crippen LogP contribution >= 0.6 is 23.1 Å². The van der Waals surface area contributed by atoms with Gasteiger partial charge in [-0.1, -0.05) is 23.9 Å². The van der Waals surface area contributed by atoms with Crippen LogP contribution in [0.2, 0.25) is 0 Å². The van der Waals surface area contributed by atoms with E-state index in [0.717, 1.165) is 58.9 Å². The summed E-state index contributed by atoms with van der Waals surface area (Å²) in [7, 11) is 0. The molecule has 8 heteroatoms. The summed E-state index contributed by atoms with van der Waals surface area (Å²) in [5, 5.41) is 1.96. The number of likely N-dealkylation sites (tertiary alicyclic amines) is 2. The monoisotopic (exact) mass is 480 g/mol. The minimum Gasteiger partial charge on any atom is -0.342 e. The van der Waals surface area contributed by atoms with E-state index in [4.69, 9.17) is 0 Å². The average Bonchev–Trinajstić information content (AvgIpc) is 3.48. The first-order valence-corrected chi connectivity index (χ1v) is 13.2. The molecule has 172 valence electrons. The molecule has 0 atom stereocenters. The highest BCUT2D eigenvalue weighted by Crippen LogP contribution is 2.38. The third-order valence-electron chi connectivity index (χ3n) is 6.80. The van der Waals surface area contributed by atoms with Crippen LogP contribution in [0.1, 0.15) is 46.5 Å². The lowest BCUT2D eigenvalue weighted by molar-refractivity contribution is -0.135. The fourth-order valence-corrected chi connectivity index (χ4v) is 6.89. The number of hydrogen-bond acceptors (Lipinski definition) is 6. The summed E-state index contributed by atoms with van der Waals surface area (Å²) in [6.45, 7) is 7.24. The van der Waals surface area contributed by atoms with Crippen LogP contribution < -0.4 is 0 Å². The molecule has 0 radical (unpaired) electrons. The second kappa shape index (κ2) is 9.43. The molecule has 4 heterocycles. The van der Waals surface area contributed by atoms with E-state index in [-0.39, 0.29) is 17.7 Å². The van der Waals surface area contributed by atoms with E-state index in [9.17, 15) is 9.59 Å². The second-order valence-corrected chi connectivity index (χ2v) is 11.1. The van der Waals surface area contributed by atoms with Gasteiger partial charge in [-0.05, 0) is 57.2 Å². The molecule has 2 aliphatic heterocycles. The third kappa shape index (κ3) is 4.38. The number of carbonyl (C=O) groups excluding carboxylic acids is 2. The van der Waals surface area contributed by atoms with Crippen molar-refractivity contribution in [1.29, 1.82) is 0 Å². The van der Waals surface area contributed by atoms with Crippen LogP contribution in [0.5, 0.6) is 0 Å². The van der Waals surface area contributed by atoms with Crippen LogP contribution in [-0.4, -0.2) is 57.8 Å². The van der Waals surface area contributed by atoms with Crippen molar-refractivity contribution in [1.82, 2.24) is 19.8 Å². The number of piperidine rings is 1. The van der Waals surface area contributed by atoms with Gasteiger partial charge in [0.1, 0.15) is 16.2 Å². The number of aromatic nitrogens is 2. The molecule has 1 aromatic carbocycles. The van der Waals surface area contributed by atoms with Gasteiger partial charge < -0.3 is 9.80 Å². The second-order valence-electron chi connectivity index (χ2n) is 8.84. The maximum absolute atomic E-state index is 13.5. The van der Waals surface area contributed by atoms with Gasteiger partial charge in [0, 0.05) is 47.3 Å². The predicted octanol–water partition coefficient (Wildman–Crippen LogP) is 4.93. The van der Waals surface area contributed by atoms with Gasteiger partial charge in [0.2, 0.25) is 5.91 Å². The summed E-state index contributed by atoms with van der Waals surface area (Å²) >= 11 is 3.21. The van der Waals surface area contributed by atoms with E-state index in [2.05, 4.69) is 23.8 Å². The van der Waals surface area contributed by atoms with Crippen LogP contribution in [0, 0.1) is 19.8 Å². The van der Waals surface area contributed by atoms with Gasteiger partial charge in [0.25, 0.3) is 5.91 Å². The zero-order chi connectivity index (χ0) is 22.9. The van der Waals surface area contributed by atoms with Gasteiger partial charge >= 0.3 is 0 Å². The highest BCUT2D eigenvalue weighted by Gasteiger charge is 2.32. The molecular weight excluding hydrogens is 452 g/mol. The van der Waals surface area contributed by atoms with E-state index in [1.807, 2.05) is 34.1 Å². The molecule has 2 saturated heterocycles. The zero-order valence-corrected chi connectivity index (χ0v) is 20.7. The number of nitrogens with zero attached hydrogens (tertiary/aromatic N) is 4. The Bertz CT molecular complexity index is 1190. The van der Waals surface area contributed by atoms with Crippen LogP contribution in [0.25, 0.3) is 10.2 Å². The van der Waals surface area contributed by atoms with E-state index < -0.39 is 0 Å². The Morgan fingerprint density at radius 2 is 1.73 bits per heavy atom. The predicted molar refractivity (Wildman–Crippen MR) is 132 cm³/mol. The molecule has 2 amide bonds. The van der Waals surface area contributed by atoms with E-state index in [1.165, 1.54) is 22.2 Å². The Morgan fingerprint density at radius 3 is 2.48 bits per heavy atom. The van der Waals surface area contributed by atoms with Crippen LogP contribution in [0.15, 0.2) is 40.5 Å². The summed E-state index contributed by atoms with van der Waals surface area (Å²) in [5.74, 6) is 0.370. The van der Waals surface area contributed by atoms with Gasteiger partial charge in [-0.25, -0.2) is 9.97 Å². The summed E-state index contributed by atoms with van der Waals surface area (Å²) in [6.07, 6.45) is 5.32. The standard InChI is InChI=1S/C25H28N4O2S2/c1-16-17(2)32-22-21(16)23(27-15-26-22)33-20-8-4-3-7-19(20)25(31)29-13-9-18(10-14-29)24(30)28-11-5-6-12-28/h3-4,7-8,15,18H,5-6,9-14H2,1-2H3. The first-order valence-electron chi connectivity index (χ1n) is 11.6. The van der Waals surface area contributed by atoms with Gasteiger partial charge in [-0.3, -0.25) is 9.59 Å². The van der Waals surface area contributed by atoms with E-state index in [1.54, 1.807) is 17.7 Å². The number of hydrogen-bond donors (Lipinski definition) is 0. The molecular formula is C25H28N4O2S2. The highest BCUT2D eigenvalue weighted by atomic mass is 32.2.